The molecule has 2 aromatic heterocycles. The standard InChI is InChI=1S/C31H37FN8O2/c1-37(2)31(42)27-19-26-24(21-5-7-23(8-6-21)38-15-10-33-11-16-38)18-25(29(32)30(26)35-27)22-4-3-13-39(20-22)28(41)9-14-40-17-12-34-36-40/h5-8,12,17-19,22,33,35H,3-4,9-11,13-16,20H2,1-2H3/t22-/m0/s1. The molecule has 2 aliphatic rings. The van der Waals surface area contributed by atoms with Gasteiger partial charge in [0.2, 0.25) is 5.91 Å². The quantitative estimate of drug-likeness (QED) is 0.352. The number of aryl methyl sites for hydroxylation is 1. The van der Waals surface area contributed by atoms with Crippen molar-refractivity contribution >= 4 is 28.4 Å². The molecule has 11 heteroatoms. The Labute approximate surface area is 244 Å². The van der Waals surface area contributed by atoms with Gasteiger partial charge in [0.25, 0.3) is 5.91 Å². The highest BCUT2D eigenvalue weighted by Gasteiger charge is 2.29. The van der Waals surface area contributed by atoms with Crippen LogP contribution in [-0.2, 0) is 11.3 Å². The van der Waals surface area contributed by atoms with Gasteiger partial charge in [-0.1, -0.05) is 17.3 Å². The van der Waals surface area contributed by atoms with Crippen molar-refractivity contribution < 1.29 is 14.0 Å². The van der Waals surface area contributed by atoms with Crippen molar-refractivity contribution in [3.8, 4) is 11.1 Å². The van der Waals surface area contributed by atoms with Crippen LogP contribution in [0.15, 0.2) is 48.8 Å². The van der Waals surface area contributed by atoms with Crippen molar-refractivity contribution in [3.63, 3.8) is 0 Å². The average Bonchev–Trinajstić information content (AvgIpc) is 3.71. The Bertz CT molecular complexity index is 1560. The first-order valence-corrected chi connectivity index (χ1v) is 14.6. The molecule has 0 bridgehead atoms. The summed E-state index contributed by atoms with van der Waals surface area (Å²) in [6.07, 6.45) is 5.21. The molecular weight excluding hydrogens is 535 g/mol. The van der Waals surface area contributed by atoms with Crippen molar-refractivity contribution in [1.82, 2.24) is 35.1 Å². The summed E-state index contributed by atoms with van der Waals surface area (Å²) in [6, 6.07) is 12.1. The molecular formula is C31H37FN8O2. The largest absolute Gasteiger partial charge is 0.369 e. The molecule has 2 fully saturated rings. The summed E-state index contributed by atoms with van der Waals surface area (Å²) in [5.41, 5.74) is 4.23. The van der Waals surface area contributed by atoms with Gasteiger partial charge in [-0.25, -0.2) is 4.39 Å². The Kier molecular flexibility index (Phi) is 7.92. The van der Waals surface area contributed by atoms with E-state index in [-0.39, 0.29) is 23.5 Å². The van der Waals surface area contributed by atoms with Crippen LogP contribution in [0.3, 0.4) is 0 Å². The van der Waals surface area contributed by atoms with E-state index in [0.29, 0.717) is 48.2 Å². The number of piperidine rings is 1. The zero-order valence-corrected chi connectivity index (χ0v) is 24.1. The predicted molar refractivity (Wildman–Crippen MR) is 160 cm³/mol. The number of aromatic nitrogens is 4. The number of hydrogen-bond donors (Lipinski definition) is 2. The number of aromatic amines is 1. The minimum absolute atomic E-state index is 0.0270. The second-order valence-electron chi connectivity index (χ2n) is 11.4. The van der Waals surface area contributed by atoms with Crippen molar-refractivity contribution in [3.05, 3.63) is 65.9 Å². The smallest absolute Gasteiger partial charge is 0.269 e. The third-order valence-electron chi connectivity index (χ3n) is 8.42. The number of amides is 2. The number of fused-ring (bicyclic) bond motifs is 1. The second-order valence-corrected chi connectivity index (χ2v) is 11.4. The Hall–Kier alpha value is -4.25. The fraction of sp³-hybridized carbons (Fsp3) is 0.419. The molecule has 0 aliphatic carbocycles. The van der Waals surface area contributed by atoms with E-state index in [4.69, 9.17) is 0 Å². The first kappa shape index (κ1) is 27.9. The Morgan fingerprint density at radius 3 is 2.60 bits per heavy atom. The van der Waals surface area contributed by atoms with Crippen molar-refractivity contribution in [2.75, 3.05) is 58.3 Å². The monoisotopic (exact) mass is 572 g/mol. The van der Waals surface area contributed by atoms with Crippen molar-refractivity contribution in [1.29, 1.82) is 0 Å². The first-order valence-electron chi connectivity index (χ1n) is 14.6. The molecule has 6 rings (SSSR count). The third-order valence-corrected chi connectivity index (χ3v) is 8.42. The summed E-state index contributed by atoms with van der Waals surface area (Å²) in [4.78, 5) is 34.7. The lowest BCUT2D eigenvalue weighted by atomic mass is 9.87. The van der Waals surface area contributed by atoms with Crippen LogP contribution in [0, 0.1) is 5.82 Å². The maximum Gasteiger partial charge on any atom is 0.269 e. The number of piperazine rings is 1. The lowest BCUT2D eigenvalue weighted by molar-refractivity contribution is -0.132. The van der Waals surface area contributed by atoms with Crippen molar-refractivity contribution in [2.45, 2.75) is 31.7 Å². The summed E-state index contributed by atoms with van der Waals surface area (Å²) in [5, 5.41) is 11.8. The van der Waals surface area contributed by atoms with E-state index in [9.17, 15) is 9.59 Å². The topological polar surface area (TPSA) is 102 Å². The van der Waals surface area contributed by atoms with Crippen LogP contribution in [0.2, 0.25) is 0 Å². The summed E-state index contributed by atoms with van der Waals surface area (Å²) in [5.74, 6) is -0.701. The number of nitrogens with zero attached hydrogens (tertiary/aromatic N) is 6. The van der Waals surface area contributed by atoms with E-state index >= 15 is 4.39 Å². The van der Waals surface area contributed by atoms with Gasteiger partial charge in [-0.3, -0.25) is 14.3 Å². The minimum Gasteiger partial charge on any atom is -0.369 e. The van der Waals surface area contributed by atoms with E-state index in [2.05, 4.69) is 49.8 Å². The minimum atomic E-state index is -0.356. The molecule has 2 amide bonds. The SMILES string of the molecule is CN(C)C(=O)c1cc2c(-c3ccc(N4CCNCC4)cc3)cc([C@H]3CCCN(C(=O)CCn4ccnn4)C3)c(F)c2[nH]1. The summed E-state index contributed by atoms with van der Waals surface area (Å²) in [7, 11) is 3.36. The normalized spacial score (nSPS) is 17.5. The zero-order chi connectivity index (χ0) is 29.2. The van der Waals surface area contributed by atoms with Crippen LogP contribution < -0.4 is 10.2 Å². The number of H-pyrrole nitrogens is 1. The molecule has 0 saturated carbocycles. The summed E-state index contributed by atoms with van der Waals surface area (Å²) in [6.45, 7) is 5.38. The van der Waals surface area contributed by atoms with Crippen LogP contribution in [-0.4, -0.2) is 95.0 Å². The molecule has 10 nitrogen and oxygen atoms in total. The van der Waals surface area contributed by atoms with Gasteiger partial charge in [-0.15, -0.1) is 5.10 Å². The Morgan fingerprint density at radius 2 is 1.88 bits per heavy atom. The number of anilines is 1. The van der Waals surface area contributed by atoms with Crippen LogP contribution in [0.1, 0.15) is 41.2 Å². The second kappa shape index (κ2) is 11.9. The molecule has 2 saturated heterocycles. The number of carbonyl (C=O) groups excluding carboxylic acids is 2. The molecule has 0 unspecified atom stereocenters. The van der Waals surface area contributed by atoms with E-state index in [1.54, 1.807) is 37.2 Å². The van der Waals surface area contributed by atoms with Gasteiger partial charge < -0.3 is 25.0 Å². The number of rotatable bonds is 7. The zero-order valence-electron chi connectivity index (χ0n) is 24.1. The third kappa shape index (κ3) is 5.61. The lowest BCUT2D eigenvalue weighted by Gasteiger charge is -2.33. The van der Waals surface area contributed by atoms with Gasteiger partial charge in [0.15, 0.2) is 5.82 Å². The van der Waals surface area contributed by atoms with Gasteiger partial charge in [0.1, 0.15) is 5.69 Å². The highest BCUT2D eigenvalue weighted by molar-refractivity contribution is 6.03. The maximum absolute atomic E-state index is 16.3. The first-order chi connectivity index (χ1) is 20.4. The van der Waals surface area contributed by atoms with Crippen LogP contribution in [0.25, 0.3) is 22.0 Å². The van der Waals surface area contributed by atoms with Gasteiger partial charge in [0, 0.05) is 83.0 Å². The molecule has 4 heterocycles. The molecule has 1 atom stereocenters. The Balaban J connectivity index is 1.34. The highest BCUT2D eigenvalue weighted by Crippen LogP contribution is 2.39. The number of carbonyl (C=O) groups is 2. The van der Waals surface area contributed by atoms with Crippen LogP contribution in [0.5, 0.6) is 0 Å². The number of benzene rings is 2. The highest BCUT2D eigenvalue weighted by atomic mass is 19.1. The molecule has 220 valence electrons. The van der Waals surface area contributed by atoms with Crippen LogP contribution >= 0.6 is 0 Å². The van der Waals surface area contributed by atoms with Gasteiger partial charge in [-0.2, -0.15) is 0 Å². The van der Waals surface area contributed by atoms with Gasteiger partial charge in [0.05, 0.1) is 18.3 Å². The molecule has 4 aromatic rings. The molecule has 2 aliphatic heterocycles. The van der Waals surface area contributed by atoms with E-state index in [1.807, 2.05) is 11.0 Å². The maximum atomic E-state index is 16.3. The number of nitrogens with one attached hydrogen (secondary N) is 2. The molecule has 0 spiro atoms. The van der Waals surface area contributed by atoms with Crippen LogP contribution in [0.4, 0.5) is 10.1 Å². The fourth-order valence-corrected chi connectivity index (χ4v) is 6.13. The molecule has 42 heavy (non-hydrogen) atoms. The number of likely N-dealkylation sites (tertiary alicyclic amines) is 1. The average molecular weight is 573 g/mol. The molecule has 2 N–H and O–H groups in total. The molecule has 0 radical (unpaired) electrons. The number of hydrogen-bond acceptors (Lipinski definition) is 6. The van der Waals surface area contributed by atoms with E-state index in [0.717, 1.165) is 55.8 Å². The van der Waals surface area contributed by atoms with E-state index < -0.39 is 0 Å². The lowest BCUT2D eigenvalue weighted by Crippen LogP contribution is -2.43. The summed E-state index contributed by atoms with van der Waals surface area (Å²) >= 11 is 0. The van der Waals surface area contributed by atoms with Gasteiger partial charge >= 0.3 is 0 Å². The Morgan fingerprint density at radius 1 is 1.10 bits per heavy atom. The fourth-order valence-electron chi connectivity index (χ4n) is 6.13. The predicted octanol–water partition coefficient (Wildman–Crippen LogP) is 3.47. The van der Waals surface area contributed by atoms with Gasteiger partial charge in [-0.05, 0) is 53.8 Å². The number of halogens is 1. The molecule has 2 aromatic carbocycles. The summed E-state index contributed by atoms with van der Waals surface area (Å²) < 4.78 is 17.9. The van der Waals surface area contributed by atoms with Crippen molar-refractivity contribution in [2.24, 2.45) is 0 Å². The van der Waals surface area contributed by atoms with E-state index in [1.165, 1.54) is 4.90 Å².